The van der Waals surface area contributed by atoms with Gasteiger partial charge < -0.3 is 10.5 Å². The van der Waals surface area contributed by atoms with Crippen LogP contribution >= 0.6 is 11.3 Å². The normalized spacial score (nSPS) is 19.2. The largest absolute Gasteiger partial charge is 0.383 e. The van der Waals surface area contributed by atoms with Crippen LogP contribution in [0.2, 0.25) is 0 Å². The van der Waals surface area contributed by atoms with Crippen molar-refractivity contribution in [2.45, 2.75) is 44.8 Å². The number of rotatable bonds is 7. The highest BCUT2D eigenvalue weighted by atomic mass is 32.1. The second-order valence-corrected chi connectivity index (χ2v) is 6.18. The Labute approximate surface area is 114 Å². The monoisotopic (exact) mass is 268 g/mol. The number of ether oxygens (including phenoxy) is 1. The topological polar surface area (TPSA) is 38.5 Å². The van der Waals surface area contributed by atoms with Crippen molar-refractivity contribution in [3.63, 3.8) is 0 Å². The molecule has 0 saturated heterocycles. The van der Waals surface area contributed by atoms with E-state index in [0.29, 0.717) is 12.1 Å². The summed E-state index contributed by atoms with van der Waals surface area (Å²) in [6, 6.07) is 3.39. The molecule has 4 heteroatoms. The molecule has 1 aliphatic carbocycles. The van der Waals surface area contributed by atoms with Crippen LogP contribution in [0.3, 0.4) is 0 Å². The summed E-state index contributed by atoms with van der Waals surface area (Å²) in [6.45, 7) is 6.06. The summed E-state index contributed by atoms with van der Waals surface area (Å²) in [4.78, 5) is 3.97. The van der Waals surface area contributed by atoms with Crippen LogP contribution in [0.15, 0.2) is 11.4 Å². The standard InChI is InChI=1S/C14H24N2OS/c1-10-6-9-18-14(10)13(11(2)15)16(7-8-17-3)12-4-5-12/h6,9,11-13H,4-5,7-8,15H2,1-3H3. The third-order valence-corrected chi connectivity index (χ3v) is 4.68. The van der Waals surface area contributed by atoms with Crippen LogP contribution in [0.1, 0.15) is 36.2 Å². The fraction of sp³-hybridized carbons (Fsp3) is 0.714. The van der Waals surface area contributed by atoms with Gasteiger partial charge >= 0.3 is 0 Å². The van der Waals surface area contributed by atoms with Crippen LogP contribution < -0.4 is 5.73 Å². The van der Waals surface area contributed by atoms with E-state index in [2.05, 4.69) is 30.2 Å². The van der Waals surface area contributed by atoms with Crippen molar-refractivity contribution in [1.29, 1.82) is 0 Å². The maximum Gasteiger partial charge on any atom is 0.0596 e. The first-order valence-corrected chi connectivity index (χ1v) is 7.57. The first-order chi connectivity index (χ1) is 8.65. The Kier molecular flexibility index (Phi) is 4.78. The number of hydrogen-bond donors (Lipinski definition) is 1. The lowest BCUT2D eigenvalue weighted by Gasteiger charge is -2.34. The van der Waals surface area contributed by atoms with Crippen LogP contribution in [-0.4, -0.2) is 37.2 Å². The van der Waals surface area contributed by atoms with Crippen LogP contribution in [0.4, 0.5) is 0 Å². The van der Waals surface area contributed by atoms with Gasteiger partial charge in [0.2, 0.25) is 0 Å². The maximum atomic E-state index is 6.26. The van der Waals surface area contributed by atoms with E-state index in [1.165, 1.54) is 23.3 Å². The molecular formula is C14H24N2OS. The van der Waals surface area contributed by atoms with E-state index in [-0.39, 0.29) is 6.04 Å². The molecule has 1 saturated carbocycles. The molecule has 0 amide bonds. The summed E-state index contributed by atoms with van der Waals surface area (Å²) in [6.07, 6.45) is 2.61. The zero-order valence-corrected chi connectivity index (χ0v) is 12.4. The van der Waals surface area contributed by atoms with E-state index in [4.69, 9.17) is 10.5 Å². The minimum Gasteiger partial charge on any atom is -0.383 e. The Balaban J connectivity index is 2.19. The minimum atomic E-state index is 0.153. The van der Waals surface area contributed by atoms with Crippen molar-refractivity contribution < 1.29 is 4.74 Å². The Morgan fingerprint density at radius 1 is 1.56 bits per heavy atom. The van der Waals surface area contributed by atoms with Crippen LogP contribution in [0.25, 0.3) is 0 Å². The molecule has 18 heavy (non-hydrogen) atoms. The third-order valence-electron chi connectivity index (χ3n) is 3.60. The lowest BCUT2D eigenvalue weighted by Crippen LogP contribution is -2.42. The summed E-state index contributed by atoms with van der Waals surface area (Å²) in [7, 11) is 1.77. The quantitative estimate of drug-likeness (QED) is 0.826. The Hall–Kier alpha value is -0.420. The first kappa shape index (κ1) is 14.0. The van der Waals surface area contributed by atoms with Gasteiger partial charge in [0.15, 0.2) is 0 Å². The molecule has 2 N–H and O–H groups in total. The minimum absolute atomic E-state index is 0.153. The Morgan fingerprint density at radius 3 is 2.72 bits per heavy atom. The molecule has 1 fully saturated rings. The molecule has 2 rings (SSSR count). The summed E-state index contributed by atoms with van der Waals surface area (Å²) in [5, 5.41) is 2.17. The van der Waals surface area contributed by atoms with Gasteiger partial charge in [0, 0.05) is 30.6 Å². The molecule has 1 aliphatic rings. The molecule has 0 bridgehead atoms. The second kappa shape index (κ2) is 6.15. The van der Waals surface area contributed by atoms with E-state index >= 15 is 0 Å². The molecule has 2 unspecified atom stereocenters. The van der Waals surface area contributed by atoms with E-state index in [9.17, 15) is 0 Å². The van der Waals surface area contributed by atoms with Crippen molar-refractivity contribution in [1.82, 2.24) is 4.90 Å². The zero-order chi connectivity index (χ0) is 13.1. The predicted molar refractivity (Wildman–Crippen MR) is 77.1 cm³/mol. The van der Waals surface area contributed by atoms with Crippen molar-refractivity contribution in [3.8, 4) is 0 Å². The number of nitrogens with two attached hydrogens (primary N) is 1. The Morgan fingerprint density at radius 2 is 2.28 bits per heavy atom. The summed E-state index contributed by atoms with van der Waals surface area (Å²) >= 11 is 1.83. The number of hydrogen-bond acceptors (Lipinski definition) is 4. The number of methoxy groups -OCH3 is 1. The summed E-state index contributed by atoms with van der Waals surface area (Å²) in [5.41, 5.74) is 7.63. The van der Waals surface area contributed by atoms with Crippen molar-refractivity contribution in [2.75, 3.05) is 20.3 Å². The number of nitrogens with zero attached hydrogens (tertiary/aromatic N) is 1. The molecule has 0 aliphatic heterocycles. The average Bonchev–Trinajstić information content (AvgIpc) is 3.08. The fourth-order valence-corrected chi connectivity index (χ4v) is 3.69. The molecule has 2 atom stereocenters. The molecule has 0 radical (unpaired) electrons. The molecule has 1 aromatic heterocycles. The zero-order valence-electron chi connectivity index (χ0n) is 11.6. The van der Waals surface area contributed by atoms with Gasteiger partial charge in [-0.1, -0.05) is 0 Å². The van der Waals surface area contributed by atoms with Crippen molar-refractivity contribution >= 4 is 11.3 Å². The second-order valence-electron chi connectivity index (χ2n) is 5.23. The molecule has 1 aromatic rings. The third kappa shape index (κ3) is 3.12. The highest BCUT2D eigenvalue weighted by molar-refractivity contribution is 7.10. The molecular weight excluding hydrogens is 244 g/mol. The molecule has 0 spiro atoms. The van der Waals surface area contributed by atoms with E-state index in [1.807, 2.05) is 11.3 Å². The van der Waals surface area contributed by atoms with E-state index in [1.54, 1.807) is 7.11 Å². The molecule has 102 valence electrons. The van der Waals surface area contributed by atoms with Gasteiger partial charge in [0.05, 0.1) is 12.6 Å². The van der Waals surface area contributed by atoms with Gasteiger partial charge in [-0.2, -0.15) is 0 Å². The molecule has 1 heterocycles. The lowest BCUT2D eigenvalue weighted by molar-refractivity contribution is 0.105. The SMILES string of the molecule is COCCN(C1CC1)C(c1sccc1C)C(C)N. The molecule has 0 aromatic carbocycles. The molecule has 3 nitrogen and oxygen atoms in total. The highest BCUT2D eigenvalue weighted by Crippen LogP contribution is 2.38. The van der Waals surface area contributed by atoms with Gasteiger partial charge in [0.25, 0.3) is 0 Å². The van der Waals surface area contributed by atoms with E-state index in [0.717, 1.165) is 13.2 Å². The average molecular weight is 268 g/mol. The summed E-state index contributed by atoms with van der Waals surface area (Å²) in [5.74, 6) is 0. The van der Waals surface area contributed by atoms with Gasteiger partial charge in [0.1, 0.15) is 0 Å². The van der Waals surface area contributed by atoms with Crippen LogP contribution in [-0.2, 0) is 4.74 Å². The highest BCUT2D eigenvalue weighted by Gasteiger charge is 2.36. The Bertz CT molecular complexity index is 374. The van der Waals surface area contributed by atoms with Gasteiger partial charge in [-0.05, 0) is 43.7 Å². The number of aryl methyl sites for hydroxylation is 1. The number of thiophene rings is 1. The fourth-order valence-electron chi connectivity index (χ4n) is 2.53. The van der Waals surface area contributed by atoms with Crippen LogP contribution in [0.5, 0.6) is 0 Å². The first-order valence-electron chi connectivity index (χ1n) is 6.69. The predicted octanol–water partition coefficient (Wildman–Crippen LogP) is 2.56. The lowest BCUT2D eigenvalue weighted by atomic mass is 10.0. The van der Waals surface area contributed by atoms with Gasteiger partial charge in [-0.15, -0.1) is 11.3 Å². The van der Waals surface area contributed by atoms with Crippen LogP contribution in [0, 0.1) is 6.92 Å². The maximum absolute atomic E-state index is 6.26. The smallest absolute Gasteiger partial charge is 0.0596 e. The summed E-state index contributed by atoms with van der Waals surface area (Å²) < 4.78 is 5.25. The van der Waals surface area contributed by atoms with Crippen molar-refractivity contribution in [3.05, 3.63) is 21.9 Å². The van der Waals surface area contributed by atoms with Gasteiger partial charge in [-0.25, -0.2) is 0 Å². The van der Waals surface area contributed by atoms with E-state index < -0.39 is 0 Å². The van der Waals surface area contributed by atoms with Crippen molar-refractivity contribution in [2.24, 2.45) is 5.73 Å². The van der Waals surface area contributed by atoms with Gasteiger partial charge in [-0.3, -0.25) is 4.90 Å².